The molecule has 0 amide bonds. The predicted octanol–water partition coefficient (Wildman–Crippen LogP) is 8.76. The second-order valence-corrected chi connectivity index (χ2v) is 30.3. The molecular formula is C24H58Al2S6. The van der Waals surface area contributed by atoms with Crippen LogP contribution in [0, 0.1) is 0 Å². The normalized spacial score (nSPS) is 13.1. The van der Waals surface area contributed by atoms with Crippen molar-refractivity contribution in [1.82, 2.24) is 0 Å². The summed E-state index contributed by atoms with van der Waals surface area (Å²) in [4.78, 5) is 0. The molecule has 0 aliphatic rings. The zero-order chi connectivity index (χ0) is 27.2. The molecular weight excluding hydrogens is 535 g/mol. The van der Waals surface area contributed by atoms with E-state index in [1.807, 2.05) is 0 Å². The first-order valence-corrected chi connectivity index (χ1v) is 21.4. The Kier molecular flexibility index (Phi) is 24.3. The Morgan fingerprint density at radius 3 is 0.500 bits per heavy atom. The van der Waals surface area contributed by atoms with Crippen molar-refractivity contribution in [2.75, 3.05) is 0 Å². The molecule has 0 atom stereocenters. The van der Waals surface area contributed by atoms with Crippen LogP contribution in [0.3, 0.4) is 0 Å². The van der Waals surface area contributed by atoms with Gasteiger partial charge in [-0.1, -0.05) is 109 Å². The largest absolute Gasteiger partial charge is 0.477 e. The van der Waals surface area contributed by atoms with Gasteiger partial charge in [-0.05, 0) is 85.8 Å². The van der Waals surface area contributed by atoms with Crippen molar-refractivity contribution in [2.24, 2.45) is 0 Å². The van der Waals surface area contributed by atoms with Gasteiger partial charge in [-0.3, -0.25) is 0 Å². The molecule has 0 N–H and O–H groups in total. The molecule has 0 fully saturated rings. The molecule has 32 heavy (non-hydrogen) atoms. The molecule has 0 heterocycles. The number of hydrogen-bond donors (Lipinski definition) is 0. The van der Waals surface area contributed by atoms with E-state index in [1.54, 1.807) is 0 Å². The maximum Gasteiger partial charge on any atom is 0.115 e. The van der Waals surface area contributed by atoms with Gasteiger partial charge in [-0.15, -0.1) is 0 Å². The van der Waals surface area contributed by atoms with Gasteiger partial charge in [-0.2, -0.15) is 0 Å². The fourth-order valence-electron chi connectivity index (χ4n) is 0.625. The fraction of sp³-hybridized carbons (Fsp3) is 1.00. The van der Waals surface area contributed by atoms with Crippen molar-refractivity contribution < 1.29 is 0 Å². The molecule has 0 aliphatic heterocycles. The smallest absolute Gasteiger partial charge is 0.115 e. The highest BCUT2D eigenvalue weighted by molar-refractivity contribution is 8.51. The van der Waals surface area contributed by atoms with Gasteiger partial charge in [0, 0.05) is 0 Å². The molecule has 0 unspecified atom stereocenters. The van der Waals surface area contributed by atoms with Crippen LogP contribution in [0.1, 0.15) is 125 Å². The van der Waals surface area contributed by atoms with Crippen LogP contribution in [0.4, 0.5) is 0 Å². The Balaban J connectivity index is -0.000000175. The van der Waals surface area contributed by atoms with E-state index >= 15 is 0 Å². The third-order valence-electron chi connectivity index (χ3n) is 1.61. The van der Waals surface area contributed by atoms with Gasteiger partial charge in [-0.25, -0.2) is 0 Å². The summed E-state index contributed by atoms with van der Waals surface area (Å²) in [6.07, 6.45) is 0. The molecule has 0 bridgehead atoms. The average Bonchev–Trinajstić information content (AvgIpc) is 2.27. The average molecular weight is 593 g/mol. The summed E-state index contributed by atoms with van der Waals surface area (Å²) in [5.41, 5.74) is 0. The van der Waals surface area contributed by atoms with E-state index < -0.39 is 0 Å². The molecule has 0 saturated carbocycles. The van der Waals surface area contributed by atoms with Crippen molar-refractivity contribution in [3.8, 4) is 0 Å². The SMILES string of the molecule is CC(C)(C)[SH2+].CC(C)(C)[SH2+].CC(C)(C)[S][Al-][S]C(C)(C)C.CC(C)(C)[S][Al-][S]C(C)(C)C. The van der Waals surface area contributed by atoms with Gasteiger partial charge in [0.15, 0.2) is 0 Å². The first-order valence-electron chi connectivity index (χ1n) is 11.3. The Morgan fingerprint density at radius 2 is 0.438 bits per heavy atom. The van der Waals surface area contributed by atoms with Crippen LogP contribution in [0.5, 0.6) is 0 Å². The molecule has 0 aromatic carbocycles. The summed E-state index contributed by atoms with van der Waals surface area (Å²) >= 11 is 7.84. The molecule has 0 nitrogen and oxygen atoms in total. The lowest BCUT2D eigenvalue weighted by atomic mass is 10.3. The predicted molar refractivity (Wildman–Crippen MR) is 181 cm³/mol. The summed E-state index contributed by atoms with van der Waals surface area (Å²) < 4.78 is 2.42. The highest BCUT2D eigenvalue weighted by atomic mass is 32.5. The second-order valence-electron chi connectivity index (χ2n) is 13.6. The number of hydrogen-bond acceptors (Lipinski definition) is 4. The van der Waals surface area contributed by atoms with Crippen molar-refractivity contribution in [3.05, 3.63) is 0 Å². The van der Waals surface area contributed by atoms with Crippen molar-refractivity contribution >= 4 is 91.7 Å². The maximum absolute atomic E-state index is 3.42. The monoisotopic (exact) mass is 592 g/mol. The van der Waals surface area contributed by atoms with Crippen molar-refractivity contribution in [3.63, 3.8) is 0 Å². The summed E-state index contributed by atoms with van der Waals surface area (Å²) in [6.45, 7) is 40.0. The van der Waals surface area contributed by atoms with E-state index in [1.165, 1.54) is 0 Å². The van der Waals surface area contributed by atoms with Gasteiger partial charge in [0.25, 0.3) is 0 Å². The molecule has 196 valence electrons. The summed E-state index contributed by atoms with van der Waals surface area (Å²) in [5.74, 6) is 0. The first-order chi connectivity index (χ1) is 13.4. The van der Waals surface area contributed by atoms with Gasteiger partial charge in [0.1, 0.15) is 9.49 Å². The van der Waals surface area contributed by atoms with Crippen LogP contribution in [-0.2, 0) is 25.3 Å². The van der Waals surface area contributed by atoms with Crippen LogP contribution in [0.25, 0.3) is 0 Å². The lowest BCUT2D eigenvalue weighted by Gasteiger charge is -2.35. The Bertz CT molecular complexity index is 346. The minimum atomic E-state index is 0.306. The fourth-order valence-corrected chi connectivity index (χ4v) is 16.9. The Hall–Kier alpha value is 3.16. The Labute approximate surface area is 242 Å². The van der Waals surface area contributed by atoms with E-state index in [4.69, 9.17) is 0 Å². The lowest BCUT2D eigenvalue weighted by Crippen LogP contribution is -2.13. The quantitative estimate of drug-likeness (QED) is 0.236. The standard InChI is InChI=1S/6C4H10S.2Al/c6*1-4(2,3)5;;/h6*5H,1-3H3;;/q;;;;;;2*+1/p-2. The third-order valence-corrected chi connectivity index (χ3v) is 17.9. The zero-order valence-corrected chi connectivity index (χ0v) is 32.4. The highest BCUT2D eigenvalue weighted by Gasteiger charge is 2.07. The second kappa shape index (κ2) is 18.4. The molecule has 0 rings (SSSR count). The van der Waals surface area contributed by atoms with E-state index in [0.717, 1.165) is 0 Å². The van der Waals surface area contributed by atoms with E-state index in [9.17, 15) is 0 Å². The molecule has 0 saturated heterocycles. The minimum Gasteiger partial charge on any atom is -0.477 e. The lowest BCUT2D eigenvalue weighted by molar-refractivity contribution is 0.807. The molecule has 0 aromatic heterocycles. The summed E-state index contributed by atoms with van der Waals surface area (Å²) in [6, 6.07) is 0. The van der Waals surface area contributed by atoms with Crippen LogP contribution >= 0.6 is 40.5 Å². The van der Waals surface area contributed by atoms with Crippen LogP contribution in [0.2, 0.25) is 0 Å². The third kappa shape index (κ3) is 93.4. The summed E-state index contributed by atoms with van der Waals surface area (Å²) in [5, 5.41) is 0. The number of rotatable bonds is 4. The Morgan fingerprint density at radius 1 is 0.344 bits per heavy atom. The molecule has 0 aromatic rings. The highest BCUT2D eigenvalue weighted by Crippen LogP contribution is 2.31. The van der Waals surface area contributed by atoms with Crippen molar-refractivity contribution in [2.45, 2.75) is 153 Å². The van der Waals surface area contributed by atoms with Crippen LogP contribution in [0.15, 0.2) is 0 Å². The van der Waals surface area contributed by atoms with Crippen LogP contribution in [-0.4, -0.2) is 54.4 Å². The van der Waals surface area contributed by atoms with E-state index in [2.05, 4.69) is 190 Å². The maximum atomic E-state index is 3.42. The molecule has 0 aliphatic carbocycles. The molecule has 4 radical (unpaired) electrons. The summed E-state index contributed by atoms with van der Waals surface area (Å²) in [7, 11) is 8.43. The topological polar surface area (TPSA) is 0 Å². The molecule has 8 heteroatoms. The van der Waals surface area contributed by atoms with Crippen LogP contribution < -0.4 is 0 Å². The van der Waals surface area contributed by atoms with E-state index in [-0.39, 0.29) is 0 Å². The van der Waals surface area contributed by atoms with Gasteiger partial charge in [0.2, 0.25) is 0 Å². The minimum absolute atomic E-state index is 0.306. The van der Waals surface area contributed by atoms with Gasteiger partial charge in [0.05, 0.1) is 0 Å². The van der Waals surface area contributed by atoms with Gasteiger partial charge >= 0.3 is 0 Å². The van der Waals surface area contributed by atoms with Gasteiger partial charge < -0.3 is 40.5 Å². The van der Waals surface area contributed by atoms with Crippen molar-refractivity contribution in [1.29, 1.82) is 0 Å². The zero-order valence-electron chi connectivity index (χ0n) is 24.8. The first kappa shape index (κ1) is 42.3. The molecule has 0 spiro atoms. The van der Waals surface area contributed by atoms with E-state index in [0.29, 0.717) is 54.4 Å².